The van der Waals surface area contributed by atoms with Gasteiger partial charge in [0.15, 0.2) is 0 Å². The number of benzene rings is 1. The Labute approximate surface area is 108 Å². The predicted octanol–water partition coefficient (Wildman–Crippen LogP) is 4.22. The van der Waals surface area contributed by atoms with Crippen molar-refractivity contribution >= 4 is 11.3 Å². The van der Waals surface area contributed by atoms with Gasteiger partial charge >= 0.3 is 0 Å². The summed E-state index contributed by atoms with van der Waals surface area (Å²) in [5, 5.41) is 3.48. The van der Waals surface area contributed by atoms with Gasteiger partial charge in [-0.25, -0.2) is 0 Å². The Morgan fingerprint density at radius 3 is 2.53 bits per heavy atom. The summed E-state index contributed by atoms with van der Waals surface area (Å²) >= 11 is 1.86. The highest BCUT2D eigenvalue weighted by molar-refractivity contribution is 7.15. The van der Waals surface area contributed by atoms with Gasteiger partial charge in [-0.1, -0.05) is 38.1 Å². The van der Waals surface area contributed by atoms with Gasteiger partial charge in [0.25, 0.3) is 0 Å². The zero-order chi connectivity index (χ0) is 12.3. The van der Waals surface area contributed by atoms with E-state index in [1.165, 1.54) is 20.9 Å². The van der Waals surface area contributed by atoms with Crippen molar-refractivity contribution in [3.05, 3.63) is 46.8 Å². The van der Waals surface area contributed by atoms with E-state index in [4.69, 9.17) is 0 Å². The van der Waals surface area contributed by atoms with Gasteiger partial charge in [-0.05, 0) is 30.2 Å². The molecule has 90 valence electrons. The van der Waals surface area contributed by atoms with Crippen molar-refractivity contribution in [3.8, 4) is 10.4 Å². The molecule has 0 spiro atoms. The van der Waals surface area contributed by atoms with Gasteiger partial charge in [-0.2, -0.15) is 0 Å². The molecule has 2 heteroatoms. The first-order valence-corrected chi connectivity index (χ1v) is 6.86. The second kappa shape index (κ2) is 5.48. The van der Waals surface area contributed by atoms with Crippen LogP contribution in [0, 0.1) is 6.92 Å². The van der Waals surface area contributed by atoms with E-state index in [0.717, 1.165) is 6.54 Å². The number of nitrogens with one attached hydrogen (secondary N) is 1. The number of aryl methyl sites for hydroxylation is 1. The Balaban J connectivity index is 2.27. The van der Waals surface area contributed by atoms with E-state index in [1.807, 2.05) is 11.3 Å². The molecule has 0 aliphatic carbocycles. The Kier molecular flexibility index (Phi) is 3.97. The van der Waals surface area contributed by atoms with Crippen LogP contribution in [0.2, 0.25) is 0 Å². The molecular formula is C15H19NS. The summed E-state index contributed by atoms with van der Waals surface area (Å²) in [7, 11) is 0. The lowest BCUT2D eigenvalue weighted by molar-refractivity contribution is 0.589. The lowest BCUT2D eigenvalue weighted by Gasteiger charge is -2.11. The van der Waals surface area contributed by atoms with E-state index in [9.17, 15) is 0 Å². The molecular weight excluding hydrogens is 226 g/mol. The van der Waals surface area contributed by atoms with E-state index >= 15 is 0 Å². The Hall–Kier alpha value is -1.12. The van der Waals surface area contributed by atoms with Crippen LogP contribution in [-0.4, -0.2) is 6.04 Å². The molecule has 1 nitrogen and oxygen atoms in total. The van der Waals surface area contributed by atoms with Crippen molar-refractivity contribution in [2.24, 2.45) is 0 Å². The van der Waals surface area contributed by atoms with Gasteiger partial charge in [-0.3, -0.25) is 0 Å². The average molecular weight is 245 g/mol. The fourth-order valence-corrected chi connectivity index (χ4v) is 2.74. The summed E-state index contributed by atoms with van der Waals surface area (Å²) < 4.78 is 0. The fourth-order valence-electron chi connectivity index (χ4n) is 1.81. The van der Waals surface area contributed by atoms with Gasteiger partial charge in [0.1, 0.15) is 0 Å². The topological polar surface area (TPSA) is 12.0 Å². The SMILES string of the molecule is Cc1ccc(-c2ccccc2CNC(C)C)s1. The minimum atomic E-state index is 0.521. The fraction of sp³-hybridized carbons (Fsp3) is 0.333. The van der Waals surface area contributed by atoms with Crippen LogP contribution < -0.4 is 5.32 Å². The van der Waals surface area contributed by atoms with E-state index in [0.29, 0.717) is 6.04 Å². The van der Waals surface area contributed by atoms with E-state index in [2.05, 4.69) is 62.5 Å². The van der Waals surface area contributed by atoms with Crippen LogP contribution in [0.15, 0.2) is 36.4 Å². The lowest BCUT2D eigenvalue weighted by Crippen LogP contribution is -2.22. The van der Waals surface area contributed by atoms with Crippen molar-refractivity contribution in [2.75, 3.05) is 0 Å². The molecule has 2 rings (SSSR count). The van der Waals surface area contributed by atoms with Crippen molar-refractivity contribution in [3.63, 3.8) is 0 Å². The molecule has 0 aliphatic heterocycles. The number of hydrogen-bond acceptors (Lipinski definition) is 2. The van der Waals surface area contributed by atoms with Crippen molar-refractivity contribution in [1.82, 2.24) is 5.32 Å². The average Bonchev–Trinajstić information content (AvgIpc) is 2.73. The lowest BCUT2D eigenvalue weighted by atomic mass is 10.1. The highest BCUT2D eigenvalue weighted by atomic mass is 32.1. The summed E-state index contributed by atoms with van der Waals surface area (Å²) in [6.07, 6.45) is 0. The summed E-state index contributed by atoms with van der Waals surface area (Å²) in [5.41, 5.74) is 2.74. The van der Waals surface area contributed by atoms with E-state index < -0.39 is 0 Å². The summed E-state index contributed by atoms with van der Waals surface area (Å²) in [6, 6.07) is 13.6. The number of thiophene rings is 1. The van der Waals surface area contributed by atoms with E-state index in [1.54, 1.807) is 0 Å². The Morgan fingerprint density at radius 1 is 1.12 bits per heavy atom. The third-order valence-corrected chi connectivity index (χ3v) is 3.76. The normalized spacial score (nSPS) is 11.1. The molecule has 0 bridgehead atoms. The van der Waals surface area contributed by atoms with Crippen molar-refractivity contribution in [2.45, 2.75) is 33.4 Å². The number of hydrogen-bond donors (Lipinski definition) is 1. The Bertz CT molecular complexity index is 485. The van der Waals surface area contributed by atoms with Crippen LogP contribution in [0.4, 0.5) is 0 Å². The Morgan fingerprint density at radius 2 is 1.88 bits per heavy atom. The summed E-state index contributed by atoms with van der Waals surface area (Å²) in [6.45, 7) is 7.45. The highest BCUT2D eigenvalue weighted by Crippen LogP contribution is 2.30. The predicted molar refractivity (Wildman–Crippen MR) is 76.5 cm³/mol. The van der Waals surface area contributed by atoms with Crippen molar-refractivity contribution < 1.29 is 0 Å². The molecule has 1 aromatic carbocycles. The molecule has 0 atom stereocenters. The maximum absolute atomic E-state index is 3.48. The molecule has 0 saturated carbocycles. The maximum Gasteiger partial charge on any atom is 0.0348 e. The van der Waals surface area contributed by atoms with Crippen LogP contribution in [0.25, 0.3) is 10.4 Å². The largest absolute Gasteiger partial charge is 0.310 e. The van der Waals surface area contributed by atoms with Crippen LogP contribution in [0.1, 0.15) is 24.3 Å². The van der Waals surface area contributed by atoms with Crippen LogP contribution in [-0.2, 0) is 6.54 Å². The smallest absolute Gasteiger partial charge is 0.0348 e. The molecule has 17 heavy (non-hydrogen) atoms. The highest BCUT2D eigenvalue weighted by Gasteiger charge is 2.06. The molecule has 0 aliphatic rings. The quantitative estimate of drug-likeness (QED) is 0.850. The zero-order valence-corrected chi connectivity index (χ0v) is 11.5. The van der Waals surface area contributed by atoms with Crippen LogP contribution >= 0.6 is 11.3 Å². The van der Waals surface area contributed by atoms with Gasteiger partial charge < -0.3 is 5.32 Å². The van der Waals surface area contributed by atoms with Crippen LogP contribution in [0.5, 0.6) is 0 Å². The standard InChI is InChI=1S/C15H19NS/c1-11(2)16-10-13-6-4-5-7-14(13)15-9-8-12(3)17-15/h4-9,11,16H,10H2,1-3H3. The summed E-state index contributed by atoms with van der Waals surface area (Å²) in [4.78, 5) is 2.73. The maximum atomic E-state index is 3.48. The van der Waals surface area contributed by atoms with Gasteiger partial charge in [-0.15, -0.1) is 11.3 Å². The van der Waals surface area contributed by atoms with Crippen LogP contribution in [0.3, 0.4) is 0 Å². The monoisotopic (exact) mass is 245 g/mol. The molecule has 0 unspecified atom stereocenters. The molecule has 0 fully saturated rings. The molecule has 0 amide bonds. The van der Waals surface area contributed by atoms with Gasteiger partial charge in [0.05, 0.1) is 0 Å². The first-order valence-electron chi connectivity index (χ1n) is 6.05. The minimum Gasteiger partial charge on any atom is -0.310 e. The molecule has 1 N–H and O–H groups in total. The molecule has 2 aromatic rings. The van der Waals surface area contributed by atoms with Crippen molar-refractivity contribution in [1.29, 1.82) is 0 Å². The first-order chi connectivity index (χ1) is 8.16. The second-order valence-corrected chi connectivity index (χ2v) is 5.89. The minimum absolute atomic E-state index is 0.521. The van der Waals surface area contributed by atoms with E-state index in [-0.39, 0.29) is 0 Å². The summed E-state index contributed by atoms with van der Waals surface area (Å²) in [5.74, 6) is 0. The number of rotatable bonds is 4. The molecule has 0 saturated heterocycles. The first kappa shape index (κ1) is 12.3. The third-order valence-electron chi connectivity index (χ3n) is 2.72. The van der Waals surface area contributed by atoms with Gasteiger partial charge in [0.2, 0.25) is 0 Å². The molecule has 1 heterocycles. The third kappa shape index (κ3) is 3.18. The molecule has 1 aromatic heterocycles. The zero-order valence-electron chi connectivity index (χ0n) is 10.7. The second-order valence-electron chi connectivity index (χ2n) is 4.60. The van der Waals surface area contributed by atoms with Gasteiger partial charge in [0, 0.05) is 22.3 Å². The molecule has 0 radical (unpaired) electrons.